The Bertz CT molecular complexity index is 548. The van der Waals surface area contributed by atoms with Gasteiger partial charge in [0.1, 0.15) is 0 Å². The molecule has 0 aliphatic heterocycles. The molecule has 4 heteroatoms. The van der Waals surface area contributed by atoms with Crippen LogP contribution >= 0.6 is 0 Å². The van der Waals surface area contributed by atoms with Crippen LogP contribution in [0.4, 0.5) is 0 Å². The van der Waals surface area contributed by atoms with Gasteiger partial charge in [-0.3, -0.25) is 0 Å². The highest BCUT2D eigenvalue weighted by molar-refractivity contribution is 6.74. The van der Waals surface area contributed by atoms with E-state index >= 15 is 0 Å². The van der Waals surface area contributed by atoms with Gasteiger partial charge in [0.05, 0.1) is 6.61 Å². The van der Waals surface area contributed by atoms with Crippen LogP contribution in [0, 0.1) is 23.2 Å². The molecule has 0 saturated heterocycles. The topological polar surface area (TPSA) is 35.5 Å². The molecule has 0 unspecified atom stereocenters. The molecule has 2 aliphatic rings. The summed E-state index contributed by atoms with van der Waals surface area (Å²) in [6.07, 6.45) is 10.4. The lowest BCUT2D eigenvalue weighted by molar-refractivity contribution is -0.137. The van der Waals surface area contributed by atoms with Crippen LogP contribution in [0.1, 0.15) is 73.6 Å². The van der Waals surface area contributed by atoms with E-state index < -0.39 is 8.32 Å². The van der Waals surface area contributed by atoms with E-state index in [0.29, 0.717) is 35.9 Å². The lowest BCUT2D eigenvalue weighted by Gasteiger charge is -2.49. The Morgan fingerprint density at radius 3 is 2.52 bits per heavy atom. The molecule has 0 aromatic heterocycles. The Labute approximate surface area is 168 Å². The Hall–Kier alpha value is -0.613. The van der Waals surface area contributed by atoms with Crippen LogP contribution in [0.15, 0.2) is 12.2 Å². The van der Waals surface area contributed by atoms with Crippen molar-refractivity contribution in [2.24, 2.45) is 23.2 Å². The predicted molar refractivity (Wildman–Crippen MR) is 115 cm³/mol. The zero-order valence-electron chi connectivity index (χ0n) is 18.9. The Kier molecular flexibility index (Phi) is 7.06. The number of esters is 1. The molecule has 0 aromatic rings. The van der Waals surface area contributed by atoms with E-state index in [0.717, 1.165) is 0 Å². The van der Waals surface area contributed by atoms with Crippen molar-refractivity contribution in [2.75, 3.05) is 6.61 Å². The molecule has 0 radical (unpaired) electrons. The first-order valence-corrected chi connectivity index (χ1v) is 13.9. The second-order valence-corrected chi connectivity index (χ2v) is 15.3. The van der Waals surface area contributed by atoms with E-state index in [1.54, 1.807) is 6.08 Å². The predicted octanol–water partition coefficient (Wildman–Crippen LogP) is 6.35. The summed E-state index contributed by atoms with van der Waals surface area (Å²) < 4.78 is 12.0. The largest absolute Gasteiger partial charge is 0.463 e. The lowest BCUT2D eigenvalue weighted by atomic mass is 9.62. The highest BCUT2D eigenvalue weighted by atomic mass is 28.4. The van der Waals surface area contributed by atoms with Crippen molar-refractivity contribution in [1.82, 2.24) is 0 Å². The number of allylic oxidation sites excluding steroid dienone is 1. The van der Waals surface area contributed by atoms with E-state index in [1.165, 1.54) is 32.1 Å². The van der Waals surface area contributed by atoms with Gasteiger partial charge in [0.2, 0.25) is 0 Å². The second-order valence-electron chi connectivity index (χ2n) is 10.6. The summed E-state index contributed by atoms with van der Waals surface area (Å²) in [5.41, 5.74) is 0.323. The summed E-state index contributed by atoms with van der Waals surface area (Å²) in [4.78, 5) is 11.7. The average Bonchev–Trinajstić information content (AvgIpc) is 2.90. The van der Waals surface area contributed by atoms with E-state index in [2.05, 4.69) is 53.8 Å². The smallest absolute Gasteiger partial charge is 0.330 e. The maximum absolute atomic E-state index is 11.7. The van der Waals surface area contributed by atoms with E-state index in [-0.39, 0.29) is 11.0 Å². The van der Waals surface area contributed by atoms with E-state index in [9.17, 15) is 4.79 Å². The van der Waals surface area contributed by atoms with Crippen molar-refractivity contribution in [1.29, 1.82) is 0 Å². The molecule has 2 saturated carbocycles. The molecular weight excluding hydrogens is 352 g/mol. The fourth-order valence-electron chi connectivity index (χ4n) is 5.27. The summed E-state index contributed by atoms with van der Waals surface area (Å²) >= 11 is 0. The highest BCUT2D eigenvalue weighted by Gasteiger charge is 2.54. The third-order valence-electron chi connectivity index (χ3n) is 7.84. The van der Waals surface area contributed by atoms with Crippen molar-refractivity contribution in [3.8, 4) is 0 Å². The van der Waals surface area contributed by atoms with Crippen LogP contribution in [-0.4, -0.2) is 27.0 Å². The number of fused-ring (bicyclic) bond motifs is 1. The standard InChI is InChI=1S/C23H42O3Si/c1-9-25-21(24)15-12-17(2)18-13-14-19-20(11-10-16-23(18,19)6)26-27(7,8)22(3,4)5/h12,15,17-20H,9-11,13-14,16H2,1-8H3/b15-12+/t17-,18+,19-,20+,23+/m0/s1. The summed E-state index contributed by atoms with van der Waals surface area (Å²) in [6.45, 7) is 18.8. The van der Waals surface area contributed by atoms with Crippen molar-refractivity contribution < 1.29 is 14.0 Å². The first kappa shape index (κ1) is 22.7. The number of hydrogen-bond donors (Lipinski definition) is 0. The van der Waals surface area contributed by atoms with Gasteiger partial charge in [0.15, 0.2) is 8.32 Å². The summed E-state index contributed by atoms with van der Waals surface area (Å²) in [6, 6.07) is 0. The van der Waals surface area contributed by atoms with E-state index in [4.69, 9.17) is 9.16 Å². The van der Waals surface area contributed by atoms with Gasteiger partial charge in [-0.2, -0.15) is 0 Å². The molecule has 0 amide bonds. The van der Waals surface area contributed by atoms with Gasteiger partial charge in [-0.25, -0.2) is 4.79 Å². The zero-order valence-corrected chi connectivity index (χ0v) is 19.9. The Morgan fingerprint density at radius 2 is 1.93 bits per heavy atom. The summed E-state index contributed by atoms with van der Waals surface area (Å²) in [5.74, 6) is 1.46. The first-order valence-electron chi connectivity index (χ1n) is 10.9. The van der Waals surface area contributed by atoms with Gasteiger partial charge in [-0.1, -0.05) is 47.1 Å². The van der Waals surface area contributed by atoms with E-state index in [1.807, 2.05) is 6.92 Å². The van der Waals surface area contributed by atoms with Crippen molar-refractivity contribution in [2.45, 2.75) is 97.9 Å². The molecule has 156 valence electrons. The third kappa shape index (κ3) is 4.87. The van der Waals surface area contributed by atoms with Gasteiger partial charge < -0.3 is 9.16 Å². The maximum atomic E-state index is 11.7. The molecule has 5 atom stereocenters. The van der Waals surface area contributed by atoms with Gasteiger partial charge in [0, 0.05) is 12.2 Å². The summed E-state index contributed by atoms with van der Waals surface area (Å²) in [7, 11) is -1.75. The quantitative estimate of drug-likeness (QED) is 0.299. The van der Waals surface area contributed by atoms with Gasteiger partial charge in [0.25, 0.3) is 0 Å². The van der Waals surface area contributed by atoms with Crippen molar-refractivity contribution >= 4 is 14.3 Å². The number of rotatable bonds is 6. The molecule has 0 bridgehead atoms. The fourth-order valence-corrected chi connectivity index (χ4v) is 6.67. The third-order valence-corrected chi connectivity index (χ3v) is 12.3. The number of ether oxygens (including phenoxy) is 1. The van der Waals surface area contributed by atoms with Crippen LogP contribution in [0.5, 0.6) is 0 Å². The van der Waals surface area contributed by atoms with Crippen molar-refractivity contribution in [3.63, 3.8) is 0 Å². The van der Waals surface area contributed by atoms with Crippen LogP contribution in [-0.2, 0) is 14.0 Å². The first-order chi connectivity index (χ1) is 12.4. The molecule has 3 nitrogen and oxygen atoms in total. The minimum absolute atomic E-state index is 0.216. The maximum Gasteiger partial charge on any atom is 0.330 e. The molecule has 0 aromatic carbocycles. The van der Waals surface area contributed by atoms with Crippen LogP contribution in [0.25, 0.3) is 0 Å². The van der Waals surface area contributed by atoms with Crippen LogP contribution < -0.4 is 0 Å². The number of hydrogen-bond acceptors (Lipinski definition) is 3. The van der Waals surface area contributed by atoms with Crippen LogP contribution in [0.3, 0.4) is 0 Å². The molecule has 0 spiro atoms. The molecule has 27 heavy (non-hydrogen) atoms. The minimum Gasteiger partial charge on any atom is -0.463 e. The van der Waals surface area contributed by atoms with Crippen molar-refractivity contribution in [3.05, 3.63) is 12.2 Å². The zero-order chi connectivity index (χ0) is 20.5. The van der Waals surface area contributed by atoms with Gasteiger partial charge >= 0.3 is 5.97 Å². The van der Waals surface area contributed by atoms with Gasteiger partial charge in [-0.05, 0) is 73.9 Å². The lowest BCUT2D eigenvalue weighted by Crippen LogP contribution is -2.50. The Morgan fingerprint density at radius 1 is 1.26 bits per heavy atom. The average molecular weight is 395 g/mol. The number of carbonyl (C=O) groups is 1. The SMILES string of the molecule is CCOC(=O)/C=C/[C@H](C)[C@H]1CC[C@H]2[C@H](O[Si](C)(C)C(C)(C)C)CCC[C@]12C. The molecule has 0 heterocycles. The minimum atomic E-state index is -1.75. The molecule has 2 aliphatic carbocycles. The van der Waals surface area contributed by atoms with Gasteiger partial charge in [-0.15, -0.1) is 0 Å². The van der Waals surface area contributed by atoms with Crippen LogP contribution in [0.2, 0.25) is 18.1 Å². The molecule has 2 fully saturated rings. The molecule has 0 N–H and O–H groups in total. The fraction of sp³-hybridized carbons (Fsp3) is 0.870. The number of carbonyl (C=O) groups excluding carboxylic acids is 1. The molecular formula is C23H42O3Si. The normalized spacial score (nSPS) is 33.1. The summed E-state index contributed by atoms with van der Waals surface area (Å²) in [5, 5.41) is 0.258. The molecule has 2 rings (SSSR count). The second kappa shape index (κ2) is 8.40. The monoisotopic (exact) mass is 394 g/mol. The highest BCUT2D eigenvalue weighted by Crippen LogP contribution is 2.59. The Balaban J connectivity index is 2.12.